The van der Waals surface area contributed by atoms with Crippen LogP contribution in [0.3, 0.4) is 0 Å². The van der Waals surface area contributed by atoms with Crippen LogP contribution in [0, 0.1) is 11.3 Å². The fourth-order valence-electron chi connectivity index (χ4n) is 2.24. The van der Waals surface area contributed by atoms with Crippen LogP contribution in [0.2, 0.25) is 0 Å². The Kier molecular flexibility index (Phi) is 7.60. The van der Waals surface area contributed by atoms with E-state index in [0.29, 0.717) is 36.6 Å². The number of hydrogen-bond acceptors (Lipinski definition) is 5. The van der Waals surface area contributed by atoms with Gasteiger partial charge < -0.3 is 10.1 Å². The van der Waals surface area contributed by atoms with Crippen LogP contribution >= 0.6 is 0 Å². The van der Waals surface area contributed by atoms with E-state index in [1.807, 2.05) is 0 Å². The van der Waals surface area contributed by atoms with Crippen LogP contribution in [0.4, 0.5) is 11.4 Å². The Morgan fingerprint density at radius 2 is 1.93 bits per heavy atom. The molecule has 0 aliphatic carbocycles. The number of rotatable bonds is 9. The molecule has 8 heteroatoms. The summed E-state index contributed by atoms with van der Waals surface area (Å²) in [6.07, 6.45) is 5.18. The Labute approximate surface area is 164 Å². The Morgan fingerprint density at radius 3 is 2.61 bits per heavy atom. The van der Waals surface area contributed by atoms with Crippen molar-refractivity contribution in [3.63, 3.8) is 0 Å². The summed E-state index contributed by atoms with van der Waals surface area (Å²) in [4.78, 5) is 12.1. The Hall–Kier alpha value is -3.31. The van der Waals surface area contributed by atoms with Crippen LogP contribution in [-0.2, 0) is 14.8 Å². The molecule has 2 aromatic rings. The van der Waals surface area contributed by atoms with Gasteiger partial charge in [-0.1, -0.05) is 18.2 Å². The lowest BCUT2D eigenvalue weighted by molar-refractivity contribution is -0.111. The third-order valence-corrected chi connectivity index (χ3v) is 4.05. The first-order valence-corrected chi connectivity index (χ1v) is 10.4. The number of unbranched alkanes of at least 4 members (excludes halogenated alkanes) is 1. The summed E-state index contributed by atoms with van der Waals surface area (Å²) >= 11 is 0. The number of carbonyl (C=O) groups excluding carboxylic acids is 1. The van der Waals surface area contributed by atoms with Crippen LogP contribution in [0.15, 0.2) is 54.6 Å². The maximum Gasteiger partial charge on any atom is 0.248 e. The molecular weight excluding hydrogens is 378 g/mol. The van der Waals surface area contributed by atoms with Crippen LogP contribution < -0.4 is 14.8 Å². The number of carbonyl (C=O) groups is 1. The molecule has 28 heavy (non-hydrogen) atoms. The Bertz CT molecular complexity index is 977. The maximum atomic E-state index is 12.1. The Morgan fingerprint density at radius 1 is 1.18 bits per heavy atom. The van der Waals surface area contributed by atoms with Crippen molar-refractivity contribution < 1.29 is 17.9 Å². The number of sulfonamides is 1. The van der Waals surface area contributed by atoms with Crippen molar-refractivity contribution in [3.05, 3.63) is 60.2 Å². The number of anilines is 2. The van der Waals surface area contributed by atoms with E-state index in [1.54, 1.807) is 54.6 Å². The maximum absolute atomic E-state index is 12.1. The largest absolute Gasteiger partial charge is 0.493 e. The number of nitrogens with zero attached hydrogens (tertiary/aromatic N) is 1. The van der Waals surface area contributed by atoms with E-state index < -0.39 is 10.0 Å². The first kappa shape index (κ1) is 21.0. The van der Waals surface area contributed by atoms with E-state index in [2.05, 4.69) is 16.1 Å². The second-order valence-corrected chi connectivity index (χ2v) is 7.71. The van der Waals surface area contributed by atoms with Crippen molar-refractivity contribution in [3.8, 4) is 11.8 Å². The molecule has 0 radical (unpaired) electrons. The van der Waals surface area contributed by atoms with Crippen molar-refractivity contribution in [2.24, 2.45) is 0 Å². The number of nitrogens with one attached hydrogen (secondary N) is 2. The first-order chi connectivity index (χ1) is 13.4. The van der Waals surface area contributed by atoms with Gasteiger partial charge in [0, 0.05) is 29.9 Å². The van der Waals surface area contributed by atoms with E-state index in [1.165, 1.54) is 6.08 Å². The molecule has 0 saturated heterocycles. The molecule has 0 aliphatic heterocycles. The number of nitriles is 1. The molecule has 0 unspecified atom stereocenters. The quantitative estimate of drug-likeness (QED) is 0.496. The molecule has 1 amide bonds. The minimum Gasteiger partial charge on any atom is -0.493 e. The molecule has 0 aliphatic rings. The molecule has 0 heterocycles. The lowest BCUT2D eigenvalue weighted by Gasteiger charge is -2.07. The van der Waals surface area contributed by atoms with Crippen LogP contribution in [-0.4, -0.2) is 27.2 Å². The molecule has 0 bridgehead atoms. The molecule has 2 N–H and O–H groups in total. The molecule has 146 valence electrons. The third-order valence-electron chi connectivity index (χ3n) is 3.44. The molecule has 0 saturated carbocycles. The number of hydrogen-bond donors (Lipinski definition) is 2. The van der Waals surface area contributed by atoms with Gasteiger partial charge in [0.2, 0.25) is 15.9 Å². The summed E-state index contributed by atoms with van der Waals surface area (Å²) in [5.74, 6) is 0.314. The van der Waals surface area contributed by atoms with E-state index in [0.717, 1.165) is 11.8 Å². The fourth-order valence-corrected chi connectivity index (χ4v) is 2.80. The second-order valence-electron chi connectivity index (χ2n) is 5.96. The first-order valence-electron chi connectivity index (χ1n) is 8.52. The van der Waals surface area contributed by atoms with Crippen LogP contribution in [0.25, 0.3) is 6.08 Å². The van der Waals surface area contributed by atoms with E-state index in [4.69, 9.17) is 10.00 Å². The lowest BCUT2D eigenvalue weighted by atomic mass is 10.2. The zero-order valence-corrected chi connectivity index (χ0v) is 16.2. The van der Waals surface area contributed by atoms with Gasteiger partial charge in [0.25, 0.3) is 0 Å². The fraction of sp³-hybridized carbons (Fsp3) is 0.200. The van der Waals surface area contributed by atoms with Crippen LogP contribution in [0.1, 0.15) is 18.4 Å². The van der Waals surface area contributed by atoms with Gasteiger partial charge in [-0.3, -0.25) is 9.52 Å². The average molecular weight is 399 g/mol. The summed E-state index contributed by atoms with van der Waals surface area (Å²) < 4.78 is 30.3. The van der Waals surface area contributed by atoms with Gasteiger partial charge in [0.05, 0.1) is 18.9 Å². The van der Waals surface area contributed by atoms with Crippen molar-refractivity contribution in [1.82, 2.24) is 0 Å². The topological polar surface area (TPSA) is 108 Å². The highest BCUT2D eigenvalue weighted by Crippen LogP contribution is 2.18. The molecule has 7 nitrogen and oxygen atoms in total. The van der Waals surface area contributed by atoms with Gasteiger partial charge in [-0.05, 0) is 42.3 Å². The number of benzene rings is 2. The van der Waals surface area contributed by atoms with Crippen molar-refractivity contribution in [2.75, 3.05) is 22.9 Å². The summed E-state index contributed by atoms with van der Waals surface area (Å²) in [7, 11) is -3.32. The van der Waals surface area contributed by atoms with Crippen molar-refractivity contribution in [2.45, 2.75) is 12.8 Å². The predicted molar refractivity (Wildman–Crippen MR) is 109 cm³/mol. The molecule has 0 atom stereocenters. The highest BCUT2D eigenvalue weighted by Gasteiger charge is 2.02. The molecule has 0 aromatic heterocycles. The van der Waals surface area contributed by atoms with Crippen molar-refractivity contribution in [1.29, 1.82) is 5.26 Å². The van der Waals surface area contributed by atoms with Crippen LogP contribution in [0.5, 0.6) is 5.75 Å². The van der Waals surface area contributed by atoms with Gasteiger partial charge in [-0.2, -0.15) is 5.26 Å². The summed E-state index contributed by atoms with van der Waals surface area (Å²) in [6.45, 7) is 0.440. The summed E-state index contributed by atoms with van der Waals surface area (Å²) in [6, 6.07) is 15.7. The van der Waals surface area contributed by atoms with Crippen molar-refractivity contribution >= 4 is 33.4 Å². The molecular formula is C20H21N3O4S. The summed E-state index contributed by atoms with van der Waals surface area (Å²) in [5.41, 5.74) is 1.81. The van der Waals surface area contributed by atoms with Gasteiger partial charge in [-0.25, -0.2) is 8.42 Å². The normalized spacial score (nSPS) is 11.0. The zero-order chi connectivity index (χ0) is 20.4. The SMILES string of the molecule is CS(=O)(=O)Nc1ccc(/C=C/C(=O)Nc2cccc(OCCCC#N)c2)cc1. The zero-order valence-electron chi connectivity index (χ0n) is 15.4. The van der Waals surface area contributed by atoms with Gasteiger partial charge >= 0.3 is 0 Å². The lowest BCUT2D eigenvalue weighted by Crippen LogP contribution is -2.09. The Balaban J connectivity index is 1.90. The van der Waals surface area contributed by atoms with E-state index >= 15 is 0 Å². The molecule has 2 rings (SSSR count). The summed E-state index contributed by atoms with van der Waals surface area (Å²) in [5, 5.41) is 11.3. The average Bonchev–Trinajstić information content (AvgIpc) is 2.64. The van der Waals surface area contributed by atoms with E-state index in [9.17, 15) is 13.2 Å². The van der Waals surface area contributed by atoms with Gasteiger partial charge in [0.1, 0.15) is 5.75 Å². The van der Waals surface area contributed by atoms with E-state index in [-0.39, 0.29) is 5.91 Å². The second kappa shape index (κ2) is 10.1. The monoisotopic (exact) mass is 399 g/mol. The third kappa shape index (κ3) is 7.93. The van der Waals surface area contributed by atoms with Gasteiger partial charge in [-0.15, -0.1) is 0 Å². The minimum absolute atomic E-state index is 0.306. The number of amides is 1. The molecule has 2 aromatic carbocycles. The molecule has 0 spiro atoms. The highest BCUT2D eigenvalue weighted by atomic mass is 32.2. The van der Waals surface area contributed by atoms with Gasteiger partial charge in [0.15, 0.2) is 0 Å². The molecule has 0 fully saturated rings. The predicted octanol–water partition coefficient (Wildman–Crippen LogP) is 3.39. The highest BCUT2D eigenvalue weighted by molar-refractivity contribution is 7.92. The smallest absolute Gasteiger partial charge is 0.248 e. The minimum atomic E-state index is -3.32. The number of ether oxygens (including phenoxy) is 1. The standard InChI is InChI=1S/C20H21N3O4S/c1-28(25,26)23-17-10-7-16(8-11-17)9-12-20(24)22-18-5-4-6-19(15-18)27-14-3-2-13-21/h4-12,15,23H,2-3,14H2,1H3,(H,22,24)/b12-9+.